The molecule has 2 amide bonds. The molecule has 2 fully saturated rings. The van der Waals surface area contributed by atoms with Crippen LogP contribution in [-0.2, 0) is 35.1 Å². The molecule has 1 unspecified atom stereocenters. The molecule has 0 saturated carbocycles. The van der Waals surface area contributed by atoms with Crippen LogP contribution >= 0.6 is 0 Å². The third-order valence-corrected chi connectivity index (χ3v) is 6.93. The molecule has 2 aromatic rings. The molecule has 0 N–H and O–H groups in total. The summed E-state index contributed by atoms with van der Waals surface area (Å²) in [5.74, 6) is -5.01. The fourth-order valence-electron chi connectivity index (χ4n) is 5.72. The lowest BCUT2D eigenvalue weighted by Crippen LogP contribution is -2.64. The van der Waals surface area contributed by atoms with Crippen molar-refractivity contribution in [1.29, 1.82) is 0 Å². The average molecular weight is 434 g/mol. The first-order valence-electron chi connectivity index (χ1n) is 10.4. The Morgan fingerprint density at radius 3 is 2.19 bits per heavy atom. The minimum Gasteiger partial charge on any atom is -0.467 e. The number of amides is 2. The average Bonchev–Trinajstić information content (AvgIpc) is 3.29. The predicted octanol–water partition coefficient (Wildman–Crippen LogP) is 1.49. The highest BCUT2D eigenvalue weighted by molar-refractivity contribution is 6.27. The second-order valence-electron chi connectivity index (χ2n) is 8.19. The molecule has 0 aromatic heterocycles. The number of hydrogen-bond acceptors (Lipinski definition) is 7. The van der Waals surface area contributed by atoms with E-state index in [1.165, 1.54) is 14.2 Å². The zero-order valence-electron chi connectivity index (χ0n) is 17.7. The van der Waals surface area contributed by atoms with Gasteiger partial charge in [0.2, 0.25) is 17.4 Å². The van der Waals surface area contributed by atoms with Crippen molar-refractivity contribution in [2.75, 3.05) is 25.7 Å². The van der Waals surface area contributed by atoms with E-state index in [-0.39, 0.29) is 0 Å². The minimum absolute atomic E-state index is 0.310. The predicted molar refractivity (Wildman–Crippen MR) is 112 cm³/mol. The Balaban J connectivity index is 1.77. The fourth-order valence-corrected chi connectivity index (χ4v) is 5.72. The summed E-state index contributed by atoms with van der Waals surface area (Å²) in [5, 5.41) is 0. The maximum Gasteiger partial charge on any atom is 0.338 e. The molecule has 2 aromatic carbocycles. The Hall–Kier alpha value is -3.52. The van der Waals surface area contributed by atoms with Crippen molar-refractivity contribution in [3.8, 4) is 0 Å². The van der Waals surface area contributed by atoms with Crippen LogP contribution < -0.4 is 4.90 Å². The molecular weight excluding hydrogens is 412 g/mol. The zero-order valence-corrected chi connectivity index (χ0v) is 17.7. The van der Waals surface area contributed by atoms with E-state index in [0.29, 0.717) is 18.7 Å². The second-order valence-corrected chi connectivity index (χ2v) is 8.19. The molecule has 32 heavy (non-hydrogen) atoms. The standard InChI is InChI=1S/C24H22N2O6/c1-31-22(29)24(23(30)32-2)18-17(19-16-11-7-6-8-14(16)12-13-25(19)24)20(27)26(21(18)28)15-9-4-3-5-10-15/h3-11,17-19H,12-13H2,1-2H3/t17-,18-,19?/m1/s1. The van der Waals surface area contributed by atoms with E-state index in [1.54, 1.807) is 35.2 Å². The number of imide groups is 1. The fraction of sp³-hybridized carbons (Fsp3) is 0.333. The maximum absolute atomic E-state index is 13.8. The SMILES string of the molecule is COC(=O)C1(C(=O)OC)[C@H]2C(=O)N(c3ccccc3)C(=O)[C@H]2C2c3ccccc3CCN21. The molecule has 3 atom stereocenters. The number of ether oxygens (including phenoxy) is 2. The molecule has 0 radical (unpaired) electrons. The highest BCUT2D eigenvalue weighted by Gasteiger charge is 2.77. The van der Waals surface area contributed by atoms with Gasteiger partial charge in [-0.05, 0) is 29.7 Å². The zero-order chi connectivity index (χ0) is 22.6. The number of esters is 2. The van der Waals surface area contributed by atoms with Crippen LogP contribution in [0.3, 0.4) is 0 Å². The molecule has 8 nitrogen and oxygen atoms in total. The van der Waals surface area contributed by atoms with Gasteiger partial charge in [0, 0.05) is 12.6 Å². The molecule has 2 saturated heterocycles. The normalized spacial score (nSPS) is 25.7. The van der Waals surface area contributed by atoms with Crippen molar-refractivity contribution in [3.05, 3.63) is 65.7 Å². The summed E-state index contributed by atoms with van der Waals surface area (Å²) in [7, 11) is 2.34. The monoisotopic (exact) mass is 434 g/mol. The number of carbonyl (C=O) groups excluding carboxylic acids is 4. The van der Waals surface area contributed by atoms with Gasteiger partial charge >= 0.3 is 11.9 Å². The van der Waals surface area contributed by atoms with E-state index in [4.69, 9.17) is 9.47 Å². The molecule has 3 heterocycles. The Labute approximate surface area is 184 Å². The Bertz CT molecular complexity index is 1110. The summed E-state index contributed by atoms with van der Waals surface area (Å²) < 4.78 is 10.1. The van der Waals surface area contributed by atoms with Gasteiger partial charge in [-0.2, -0.15) is 0 Å². The lowest BCUT2D eigenvalue weighted by atomic mass is 9.79. The van der Waals surface area contributed by atoms with E-state index >= 15 is 0 Å². The van der Waals surface area contributed by atoms with E-state index in [0.717, 1.165) is 16.0 Å². The van der Waals surface area contributed by atoms with Crippen LogP contribution in [0.1, 0.15) is 17.2 Å². The van der Waals surface area contributed by atoms with Crippen LogP contribution in [0.4, 0.5) is 5.69 Å². The maximum atomic E-state index is 13.8. The van der Waals surface area contributed by atoms with Crippen LogP contribution in [0.2, 0.25) is 0 Å². The van der Waals surface area contributed by atoms with E-state index in [1.807, 2.05) is 24.3 Å². The van der Waals surface area contributed by atoms with Crippen LogP contribution in [0.5, 0.6) is 0 Å². The first-order valence-corrected chi connectivity index (χ1v) is 10.4. The highest BCUT2D eigenvalue weighted by atomic mass is 16.5. The summed E-state index contributed by atoms with van der Waals surface area (Å²) in [6.45, 7) is 0.310. The van der Waals surface area contributed by atoms with Gasteiger partial charge in [0.15, 0.2) is 0 Å². The number of hydrogen-bond donors (Lipinski definition) is 0. The number of rotatable bonds is 3. The summed E-state index contributed by atoms with van der Waals surface area (Å²) in [5.41, 5.74) is 0.218. The van der Waals surface area contributed by atoms with Crippen molar-refractivity contribution < 1.29 is 28.7 Å². The van der Waals surface area contributed by atoms with Gasteiger partial charge in [-0.25, -0.2) is 14.5 Å². The molecule has 0 aliphatic carbocycles. The van der Waals surface area contributed by atoms with E-state index < -0.39 is 47.2 Å². The third kappa shape index (κ3) is 2.41. The third-order valence-electron chi connectivity index (χ3n) is 6.93. The van der Waals surface area contributed by atoms with Gasteiger partial charge in [0.05, 0.1) is 31.7 Å². The minimum atomic E-state index is -2.04. The van der Waals surface area contributed by atoms with Crippen LogP contribution in [0.25, 0.3) is 0 Å². The molecular formula is C24H22N2O6. The van der Waals surface area contributed by atoms with Gasteiger partial charge in [-0.1, -0.05) is 42.5 Å². The van der Waals surface area contributed by atoms with Crippen molar-refractivity contribution in [1.82, 2.24) is 4.90 Å². The Morgan fingerprint density at radius 1 is 0.906 bits per heavy atom. The number of benzene rings is 2. The van der Waals surface area contributed by atoms with Gasteiger partial charge in [0.1, 0.15) is 0 Å². The van der Waals surface area contributed by atoms with E-state index in [2.05, 4.69) is 0 Å². The summed E-state index contributed by atoms with van der Waals surface area (Å²) in [6, 6.07) is 15.5. The van der Waals surface area contributed by atoms with Crippen LogP contribution in [0.15, 0.2) is 54.6 Å². The number of carbonyl (C=O) groups is 4. The van der Waals surface area contributed by atoms with Gasteiger partial charge in [0.25, 0.3) is 0 Å². The molecule has 3 aliphatic heterocycles. The number of methoxy groups -OCH3 is 2. The largest absolute Gasteiger partial charge is 0.467 e. The Morgan fingerprint density at radius 2 is 1.53 bits per heavy atom. The molecule has 3 aliphatic rings. The van der Waals surface area contributed by atoms with Crippen molar-refractivity contribution in [3.63, 3.8) is 0 Å². The first-order chi connectivity index (χ1) is 15.5. The highest BCUT2D eigenvalue weighted by Crippen LogP contribution is 2.58. The van der Waals surface area contributed by atoms with Crippen LogP contribution in [-0.4, -0.2) is 55.0 Å². The molecule has 0 bridgehead atoms. The smallest absolute Gasteiger partial charge is 0.338 e. The van der Waals surface area contributed by atoms with E-state index in [9.17, 15) is 19.2 Å². The molecule has 164 valence electrons. The quantitative estimate of drug-likeness (QED) is 0.411. The van der Waals surface area contributed by atoms with Crippen molar-refractivity contribution in [2.24, 2.45) is 11.8 Å². The first kappa shape index (κ1) is 20.4. The topological polar surface area (TPSA) is 93.2 Å². The Kier molecular flexibility index (Phi) is 4.63. The number of anilines is 1. The summed E-state index contributed by atoms with van der Waals surface area (Å²) >= 11 is 0. The molecule has 0 spiro atoms. The molecule has 8 heteroatoms. The van der Waals surface area contributed by atoms with Crippen molar-refractivity contribution in [2.45, 2.75) is 18.0 Å². The molecule has 5 rings (SSSR count). The number of para-hydroxylation sites is 1. The summed E-state index contributed by atoms with van der Waals surface area (Å²) in [6.07, 6.45) is 0.562. The van der Waals surface area contributed by atoms with Gasteiger partial charge in [-0.3, -0.25) is 14.5 Å². The van der Waals surface area contributed by atoms with Gasteiger partial charge < -0.3 is 9.47 Å². The van der Waals surface area contributed by atoms with Crippen molar-refractivity contribution >= 4 is 29.4 Å². The summed E-state index contributed by atoms with van der Waals surface area (Å²) in [4.78, 5) is 56.8. The second kappa shape index (κ2) is 7.27. The van der Waals surface area contributed by atoms with Gasteiger partial charge in [-0.15, -0.1) is 0 Å². The number of nitrogens with zero attached hydrogens (tertiary/aromatic N) is 2. The van der Waals surface area contributed by atoms with Crippen LogP contribution in [0, 0.1) is 11.8 Å². The lowest BCUT2D eigenvalue weighted by Gasteiger charge is -2.42. The lowest BCUT2D eigenvalue weighted by molar-refractivity contribution is -0.176. The number of fused-ring (bicyclic) bond motifs is 5.